The Bertz CT molecular complexity index is 330. The molecular formula is C9H12IN3. The SMILES string of the molecule is Cc1ccc(I)cc1CN=C(N)N. The molecule has 1 aromatic carbocycles. The fourth-order valence-electron chi connectivity index (χ4n) is 0.987. The van der Waals surface area contributed by atoms with E-state index >= 15 is 0 Å². The van der Waals surface area contributed by atoms with E-state index < -0.39 is 0 Å². The zero-order valence-electron chi connectivity index (χ0n) is 7.42. The molecule has 0 radical (unpaired) electrons. The zero-order chi connectivity index (χ0) is 9.84. The zero-order valence-corrected chi connectivity index (χ0v) is 9.58. The number of nitrogens with zero attached hydrogens (tertiary/aromatic N) is 1. The fraction of sp³-hybridized carbons (Fsp3) is 0.222. The summed E-state index contributed by atoms with van der Waals surface area (Å²) in [6, 6.07) is 6.22. The number of benzene rings is 1. The summed E-state index contributed by atoms with van der Waals surface area (Å²) < 4.78 is 1.20. The van der Waals surface area contributed by atoms with Gasteiger partial charge in [-0.05, 0) is 52.8 Å². The highest BCUT2D eigenvalue weighted by molar-refractivity contribution is 14.1. The minimum atomic E-state index is 0.137. The monoisotopic (exact) mass is 289 g/mol. The molecule has 4 N–H and O–H groups in total. The van der Waals surface area contributed by atoms with Gasteiger partial charge in [-0.25, -0.2) is 4.99 Å². The Balaban J connectivity index is 2.87. The number of halogens is 1. The van der Waals surface area contributed by atoms with Crippen LogP contribution < -0.4 is 11.5 Å². The minimum Gasteiger partial charge on any atom is -0.370 e. The number of rotatable bonds is 2. The van der Waals surface area contributed by atoms with E-state index in [1.165, 1.54) is 14.7 Å². The highest BCUT2D eigenvalue weighted by Crippen LogP contribution is 2.13. The molecule has 4 heteroatoms. The van der Waals surface area contributed by atoms with Crippen LogP contribution in [0.1, 0.15) is 11.1 Å². The molecule has 0 unspecified atom stereocenters. The second-order valence-corrected chi connectivity index (χ2v) is 4.06. The highest BCUT2D eigenvalue weighted by Gasteiger charge is 1.97. The molecule has 1 aromatic rings. The molecule has 1 rings (SSSR count). The first-order chi connectivity index (χ1) is 6.09. The molecule has 0 amide bonds. The molecule has 3 nitrogen and oxygen atoms in total. The van der Waals surface area contributed by atoms with E-state index in [1.54, 1.807) is 0 Å². The van der Waals surface area contributed by atoms with Crippen LogP contribution in [-0.4, -0.2) is 5.96 Å². The maximum atomic E-state index is 5.25. The Morgan fingerprint density at radius 1 is 1.46 bits per heavy atom. The molecule has 0 spiro atoms. The molecule has 0 fully saturated rings. The Hall–Kier alpha value is -0.780. The first-order valence-electron chi connectivity index (χ1n) is 3.90. The number of guanidine groups is 1. The Morgan fingerprint density at radius 2 is 2.15 bits per heavy atom. The van der Waals surface area contributed by atoms with Crippen molar-refractivity contribution in [3.8, 4) is 0 Å². The van der Waals surface area contributed by atoms with Gasteiger partial charge < -0.3 is 11.5 Å². The molecule has 0 aliphatic rings. The van der Waals surface area contributed by atoms with Crippen LogP contribution in [0.3, 0.4) is 0 Å². The van der Waals surface area contributed by atoms with E-state index in [9.17, 15) is 0 Å². The summed E-state index contributed by atoms with van der Waals surface area (Å²) in [5.41, 5.74) is 12.9. The molecule has 0 heterocycles. The van der Waals surface area contributed by atoms with E-state index in [1.807, 2.05) is 6.92 Å². The third-order valence-electron chi connectivity index (χ3n) is 1.74. The van der Waals surface area contributed by atoms with Crippen molar-refractivity contribution in [1.29, 1.82) is 0 Å². The van der Waals surface area contributed by atoms with Crippen LogP contribution in [-0.2, 0) is 6.54 Å². The van der Waals surface area contributed by atoms with Crippen LogP contribution in [0, 0.1) is 10.5 Å². The predicted molar refractivity (Wildman–Crippen MR) is 63.4 cm³/mol. The Kier molecular flexibility index (Phi) is 3.53. The first-order valence-corrected chi connectivity index (χ1v) is 4.98. The normalized spacial score (nSPS) is 9.69. The molecule has 0 bridgehead atoms. The largest absolute Gasteiger partial charge is 0.370 e. The Labute approximate surface area is 91.4 Å². The number of hydrogen-bond donors (Lipinski definition) is 2. The topological polar surface area (TPSA) is 64.4 Å². The molecule has 0 aliphatic heterocycles. The lowest BCUT2D eigenvalue weighted by Gasteiger charge is -2.03. The van der Waals surface area contributed by atoms with Crippen LogP contribution in [0.15, 0.2) is 23.2 Å². The van der Waals surface area contributed by atoms with Gasteiger partial charge in [-0.2, -0.15) is 0 Å². The van der Waals surface area contributed by atoms with E-state index in [0.717, 1.165) is 0 Å². The summed E-state index contributed by atoms with van der Waals surface area (Å²) >= 11 is 2.27. The van der Waals surface area contributed by atoms with Gasteiger partial charge in [0.15, 0.2) is 5.96 Å². The van der Waals surface area contributed by atoms with Crippen molar-refractivity contribution in [2.75, 3.05) is 0 Å². The summed E-state index contributed by atoms with van der Waals surface area (Å²) in [6.07, 6.45) is 0. The van der Waals surface area contributed by atoms with Crippen LogP contribution in [0.5, 0.6) is 0 Å². The van der Waals surface area contributed by atoms with Gasteiger partial charge in [-0.15, -0.1) is 0 Å². The van der Waals surface area contributed by atoms with Crippen molar-refractivity contribution < 1.29 is 0 Å². The van der Waals surface area contributed by atoms with Crippen molar-refractivity contribution in [3.63, 3.8) is 0 Å². The molecular weight excluding hydrogens is 277 g/mol. The molecule has 0 saturated heterocycles. The Morgan fingerprint density at radius 3 is 2.77 bits per heavy atom. The quantitative estimate of drug-likeness (QED) is 0.490. The van der Waals surface area contributed by atoms with Gasteiger partial charge in [0.25, 0.3) is 0 Å². The first kappa shape index (κ1) is 10.3. The van der Waals surface area contributed by atoms with Crippen LogP contribution in [0.2, 0.25) is 0 Å². The van der Waals surface area contributed by atoms with Crippen molar-refractivity contribution in [2.45, 2.75) is 13.5 Å². The van der Waals surface area contributed by atoms with Crippen LogP contribution in [0.25, 0.3) is 0 Å². The summed E-state index contributed by atoms with van der Waals surface area (Å²) in [5, 5.41) is 0. The second kappa shape index (κ2) is 4.45. The summed E-state index contributed by atoms with van der Waals surface area (Å²) in [7, 11) is 0. The number of hydrogen-bond acceptors (Lipinski definition) is 1. The van der Waals surface area contributed by atoms with Gasteiger partial charge in [0, 0.05) is 3.57 Å². The van der Waals surface area contributed by atoms with Crippen LogP contribution in [0.4, 0.5) is 0 Å². The molecule has 0 aliphatic carbocycles. The third kappa shape index (κ3) is 3.22. The average molecular weight is 289 g/mol. The van der Waals surface area contributed by atoms with E-state index in [4.69, 9.17) is 11.5 Å². The van der Waals surface area contributed by atoms with Crippen LogP contribution >= 0.6 is 22.6 Å². The smallest absolute Gasteiger partial charge is 0.186 e. The van der Waals surface area contributed by atoms with Crippen molar-refractivity contribution in [2.24, 2.45) is 16.5 Å². The van der Waals surface area contributed by atoms with Crippen molar-refractivity contribution >= 4 is 28.6 Å². The maximum absolute atomic E-state index is 5.25. The van der Waals surface area contributed by atoms with Gasteiger partial charge >= 0.3 is 0 Å². The summed E-state index contributed by atoms with van der Waals surface area (Å²) in [4.78, 5) is 3.97. The summed E-state index contributed by atoms with van der Waals surface area (Å²) in [6.45, 7) is 2.61. The lowest BCUT2D eigenvalue weighted by Crippen LogP contribution is -2.22. The third-order valence-corrected chi connectivity index (χ3v) is 2.41. The molecule has 0 atom stereocenters. The highest BCUT2D eigenvalue weighted by atomic mass is 127. The lowest BCUT2D eigenvalue weighted by atomic mass is 10.1. The number of nitrogens with two attached hydrogens (primary N) is 2. The van der Waals surface area contributed by atoms with Crippen molar-refractivity contribution in [1.82, 2.24) is 0 Å². The maximum Gasteiger partial charge on any atom is 0.186 e. The number of aryl methyl sites for hydroxylation is 1. The van der Waals surface area contributed by atoms with E-state index in [2.05, 4.69) is 45.8 Å². The molecule has 0 aromatic heterocycles. The second-order valence-electron chi connectivity index (χ2n) is 2.81. The van der Waals surface area contributed by atoms with Crippen molar-refractivity contribution in [3.05, 3.63) is 32.9 Å². The van der Waals surface area contributed by atoms with Gasteiger partial charge in [-0.1, -0.05) is 6.07 Å². The molecule has 0 saturated carbocycles. The predicted octanol–water partition coefficient (Wildman–Crippen LogP) is 1.37. The lowest BCUT2D eigenvalue weighted by molar-refractivity contribution is 1.03. The van der Waals surface area contributed by atoms with E-state index in [-0.39, 0.29) is 5.96 Å². The molecule has 70 valence electrons. The van der Waals surface area contributed by atoms with Gasteiger partial charge in [0.2, 0.25) is 0 Å². The van der Waals surface area contributed by atoms with Gasteiger partial charge in [-0.3, -0.25) is 0 Å². The standard InChI is InChI=1S/C9H12IN3/c1-6-2-3-8(10)4-7(6)5-13-9(11)12/h2-4H,5H2,1H3,(H4,11,12,13). The van der Waals surface area contributed by atoms with E-state index in [0.29, 0.717) is 6.54 Å². The number of aliphatic imine (C=N–C) groups is 1. The average Bonchev–Trinajstić information content (AvgIpc) is 2.06. The fourth-order valence-corrected chi connectivity index (χ4v) is 1.54. The molecule has 13 heavy (non-hydrogen) atoms. The minimum absolute atomic E-state index is 0.137. The van der Waals surface area contributed by atoms with Gasteiger partial charge in [0.05, 0.1) is 6.54 Å². The summed E-state index contributed by atoms with van der Waals surface area (Å²) in [5.74, 6) is 0.137. The van der Waals surface area contributed by atoms with Gasteiger partial charge in [0.1, 0.15) is 0 Å².